The summed E-state index contributed by atoms with van der Waals surface area (Å²) in [5.74, 6) is 1.97. The molecule has 1 aromatic heterocycles. The normalized spacial score (nSPS) is 11.4. The van der Waals surface area contributed by atoms with E-state index in [1.165, 1.54) is 6.07 Å². The number of ether oxygens (including phenoxy) is 2. The second-order valence-electron chi connectivity index (χ2n) is 7.10. The van der Waals surface area contributed by atoms with E-state index in [-0.39, 0.29) is 35.5 Å². The number of aromatic nitrogens is 2. The van der Waals surface area contributed by atoms with Crippen LogP contribution < -0.4 is 20.1 Å². The molecule has 2 N–H and O–H groups in total. The number of rotatable bonds is 10. The SMILES string of the molecule is CCOc1cc(CNC(=NC)NCCCn2c(C)nc3ccccc32)ccc1OC(F)F.I. The molecule has 0 unspecified atom stereocenters. The number of aryl methyl sites for hydroxylation is 2. The van der Waals surface area contributed by atoms with Crippen LogP contribution in [0.15, 0.2) is 47.5 Å². The van der Waals surface area contributed by atoms with E-state index in [9.17, 15) is 8.78 Å². The van der Waals surface area contributed by atoms with E-state index in [1.807, 2.05) is 25.1 Å². The lowest BCUT2D eigenvalue weighted by Gasteiger charge is -2.15. The molecule has 3 rings (SSSR count). The van der Waals surface area contributed by atoms with E-state index in [0.29, 0.717) is 19.1 Å². The smallest absolute Gasteiger partial charge is 0.387 e. The Morgan fingerprint density at radius 2 is 1.94 bits per heavy atom. The molecule has 0 fully saturated rings. The molecule has 0 saturated carbocycles. The zero-order valence-electron chi connectivity index (χ0n) is 19.0. The highest BCUT2D eigenvalue weighted by Crippen LogP contribution is 2.29. The molecule has 0 aliphatic heterocycles. The highest BCUT2D eigenvalue weighted by atomic mass is 127. The minimum absolute atomic E-state index is 0. The van der Waals surface area contributed by atoms with Crippen molar-refractivity contribution in [2.75, 3.05) is 20.2 Å². The Hall–Kier alpha value is -2.63. The van der Waals surface area contributed by atoms with Gasteiger partial charge in [-0.2, -0.15) is 8.78 Å². The number of para-hydroxylation sites is 2. The second kappa shape index (κ2) is 13.2. The number of hydrogen-bond donors (Lipinski definition) is 2. The Balaban J connectivity index is 0.00000385. The van der Waals surface area contributed by atoms with Gasteiger partial charge in [0.25, 0.3) is 0 Å². The molecule has 1 heterocycles. The predicted molar refractivity (Wildman–Crippen MR) is 137 cm³/mol. The first-order valence-corrected chi connectivity index (χ1v) is 10.6. The average Bonchev–Trinajstić information content (AvgIpc) is 3.09. The lowest BCUT2D eigenvalue weighted by Crippen LogP contribution is -2.37. The van der Waals surface area contributed by atoms with E-state index in [0.717, 1.165) is 41.9 Å². The van der Waals surface area contributed by atoms with Gasteiger partial charge in [0.15, 0.2) is 17.5 Å². The van der Waals surface area contributed by atoms with Crippen LogP contribution in [-0.2, 0) is 13.1 Å². The molecule has 0 saturated heterocycles. The van der Waals surface area contributed by atoms with E-state index in [4.69, 9.17) is 4.74 Å². The van der Waals surface area contributed by atoms with Crippen molar-refractivity contribution in [1.29, 1.82) is 0 Å². The lowest BCUT2D eigenvalue weighted by molar-refractivity contribution is -0.0514. The molecule has 180 valence electrons. The van der Waals surface area contributed by atoms with E-state index in [1.54, 1.807) is 26.1 Å². The quantitative estimate of drug-likeness (QED) is 0.159. The number of nitrogens with zero attached hydrogens (tertiary/aromatic N) is 3. The number of aliphatic imine (C=N–C) groups is 1. The van der Waals surface area contributed by atoms with Gasteiger partial charge < -0.3 is 24.7 Å². The average molecular weight is 573 g/mol. The summed E-state index contributed by atoms with van der Waals surface area (Å²) < 4.78 is 37.3. The predicted octanol–water partition coefficient (Wildman–Crippen LogP) is 4.72. The van der Waals surface area contributed by atoms with Crippen LogP contribution in [0.1, 0.15) is 24.7 Å². The molecule has 0 aliphatic rings. The molecule has 0 radical (unpaired) electrons. The maximum absolute atomic E-state index is 12.6. The van der Waals surface area contributed by atoms with E-state index < -0.39 is 6.61 Å². The van der Waals surface area contributed by atoms with Crippen LogP contribution in [0.2, 0.25) is 0 Å². The van der Waals surface area contributed by atoms with Gasteiger partial charge in [-0.15, -0.1) is 24.0 Å². The monoisotopic (exact) mass is 573 g/mol. The summed E-state index contributed by atoms with van der Waals surface area (Å²) in [5.41, 5.74) is 3.00. The Labute approximate surface area is 209 Å². The number of guanidine groups is 1. The maximum atomic E-state index is 12.6. The zero-order chi connectivity index (χ0) is 22.9. The van der Waals surface area contributed by atoms with Crippen LogP contribution in [0.3, 0.4) is 0 Å². The van der Waals surface area contributed by atoms with Gasteiger partial charge in [0.1, 0.15) is 5.82 Å². The number of nitrogens with one attached hydrogen (secondary N) is 2. The minimum atomic E-state index is -2.90. The van der Waals surface area contributed by atoms with E-state index in [2.05, 4.69) is 36.0 Å². The summed E-state index contributed by atoms with van der Waals surface area (Å²) in [7, 11) is 1.70. The summed E-state index contributed by atoms with van der Waals surface area (Å²) >= 11 is 0. The van der Waals surface area contributed by atoms with Crippen LogP contribution in [0, 0.1) is 6.92 Å². The van der Waals surface area contributed by atoms with Crippen molar-refractivity contribution in [3.63, 3.8) is 0 Å². The van der Waals surface area contributed by atoms with Crippen molar-refractivity contribution in [1.82, 2.24) is 20.2 Å². The summed E-state index contributed by atoms with van der Waals surface area (Å²) in [6.07, 6.45) is 0.899. The largest absolute Gasteiger partial charge is 0.490 e. The van der Waals surface area contributed by atoms with Crippen LogP contribution in [0.5, 0.6) is 11.5 Å². The second-order valence-corrected chi connectivity index (χ2v) is 7.10. The van der Waals surface area contributed by atoms with Crippen molar-refractivity contribution in [3.8, 4) is 11.5 Å². The lowest BCUT2D eigenvalue weighted by atomic mass is 10.2. The van der Waals surface area contributed by atoms with Gasteiger partial charge in [-0.05, 0) is 50.1 Å². The third-order valence-electron chi connectivity index (χ3n) is 4.90. The number of fused-ring (bicyclic) bond motifs is 1. The number of imidazole rings is 1. The molecular formula is C23H30F2IN5O2. The Morgan fingerprint density at radius 1 is 1.15 bits per heavy atom. The zero-order valence-corrected chi connectivity index (χ0v) is 21.3. The number of alkyl halides is 2. The third kappa shape index (κ3) is 7.44. The number of hydrogen-bond acceptors (Lipinski definition) is 4. The molecule has 2 aromatic carbocycles. The van der Waals surface area contributed by atoms with E-state index >= 15 is 0 Å². The van der Waals surface area contributed by atoms with Gasteiger partial charge in [-0.3, -0.25) is 4.99 Å². The van der Waals surface area contributed by atoms with Crippen LogP contribution in [0.4, 0.5) is 8.78 Å². The van der Waals surface area contributed by atoms with Gasteiger partial charge in [-0.1, -0.05) is 18.2 Å². The van der Waals surface area contributed by atoms with Crippen molar-refractivity contribution in [3.05, 3.63) is 53.9 Å². The molecule has 3 aromatic rings. The molecule has 0 atom stereocenters. The van der Waals surface area contributed by atoms with Gasteiger partial charge in [0.2, 0.25) is 0 Å². The highest BCUT2D eigenvalue weighted by molar-refractivity contribution is 14.0. The van der Waals surface area contributed by atoms with Crippen molar-refractivity contribution >= 4 is 41.0 Å². The molecule has 0 amide bonds. The van der Waals surface area contributed by atoms with Crippen molar-refractivity contribution in [2.24, 2.45) is 4.99 Å². The first kappa shape index (κ1) is 26.6. The van der Waals surface area contributed by atoms with Gasteiger partial charge >= 0.3 is 6.61 Å². The van der Waals surface area contributed by atoms with Gasteiger partial charge in [0.05, 0.1) is 17.6 Å². The number of benzene rings is 2. The van der Waals surface area contributed by atoms with Gasteiger partial charge in [0, 0.05) is 26.7 Å². The maximum Gasteiger partial charge on any atom is 0.387 e. The third-order valence-corrected chi connectivity index (χ3v) is 4.90. The fourth-order valence-corrected chi connectivity index (χ4v) is 3.45. The van der Waals surface area contributed by atoms with Crippen LogP contribution in [-0.4, -0.2) is 42.3 Å². The van der Waals surface area contributed by atoms with Crippen LogP contribution in [0.25, 0.3) is 11.0 Å². The first-order valence-electron chi connectivity index (χ1n) is 10.6. The standard InChI is InChI=1S/C23H29F2N5O2.HI/c1-4-31-21-14-17(10-11-20(21)32-22(24)25)15-28-23(26-3)27-12-7-13-30-16(2)29-18-8-5-6-9-19(18)30;/h5-6,8-11,14,22H,4,7,12-13,15H2,1-3H3,(H2,26,27,28);1H. The topological polar surface area (TPSA) is 72.7 Å². The Bertz CT molecular complexity index is 1060. The van der Waals surface area contributed by atoms with Gasteiger partial charge in [-0.25, -0.2) is 4.98 Å². The van der Waals surface area contributed by atoms with Crippen molar-refractivity contribution in [2.45, 2.75) is 40.0 Å². The summed E-state index contributed by atoms with van der Waals surface area (Å²) in [6.45, 7) is 3.30. The Kier molecular flexibility index (Phi) is 10.6. The molecule has 0 aliphatic carbocycles. The molecule has 0 spiro atoms. The van der Waals surface area contributed by atoms with Crippen LogP contribution >= 0.6 is 24.0 Å². The summed E-state index contributed by atoms with van der Waals surface area (Å²) in [5, 5.41) is 6.52. The molecule has 7 nitrogen and oxygen atoms in total. The highest BCUT2D eigenvalue weighted by Gasteiger charge is 2.12. The first-order chi connectivity index (χ1) is 15.5. The summed E-state index contributed by atoms with van der Waals surface area (Å²) in [6, 6.07) is 13.0. The number of halogens is 3. The minimum Gasteiger partial charge on any atom is -0.490 e. The Morgan fingerprint density at radius 3 is 2.67 bits per heavy atom. The fraction of sp³-hybridized carbons (Fsp3) is 0.391. The van der Waals surface area contributed by atoms with Crippen molar-refractivity contribution < 1.29 is 18.3 Å². The molecular weight excluding hydrogens is 543 g/mol. The summed E-state index contributed by atoms with van der Waals surface area (Å²) in [4.78, 5) is 8.83. The fourth-order valence-electron chi connectivity index (χ4n) is 3.45. The molecule has 0 bridgehead atoms. The molecule has 10 heteroatoms. The molecule has 33 heavy (non-hydrogen) atoms.